The average Bonchev–Trinajstić information content (AvgIpc) is 2.93. The number of rotatable bonds is 11. The van der Waals surface area contributed by atoms with Crippen molar-refractivity contribution >= 4 is 28.2 Å². The molecule has 190 valence electrons. The Labute approximate surface area is 219 Å². The van der Waals surface area contributed by atoms with Crippen LogP contribution in [0.4, 0.5) is 5.69 Å². The molecule has 5 nitrogen and oxygen atoms in total. The summed E-state index contributed by atoms with van der Waals surface area (Å²) in [5, 5.41) is 2.05. The Morgan fingerprint density at radius 1 is 0.811 bits per heavy atom. The molecule has 0 fully saturated rings. The van der Waals surface area contributed by atoms with Crippen LogP contribution < -0.4 is 10.6 Å². The number of ketones is 1. The summed E-state index contributed by atoms with van der Waals surface area (Å²) in [6, 6.07) is 32.5. The number of hydrogen-bond acceptors (Lipinski definition) is 4. The van der Waals surface area contributed by atoms with E-state index in [0.29, 0.717) is 25.2 Å². The van der Waals surface area contributed by atoms with Gasteiger partial charge in [0.1, 0.15) is 0 Å². The Morgan fingerprint density at radius 2 is 1.41 bits per heavy atom. The van der Waals surface area contributed by atoms with Crippen molar-refractivity contribution in [3.05, 3.63) is 114 Å². The predicted octanol–water partition coefficient (Wildman–Crippen LogP) is 5.49. The number of nitrogens with zero attached hydrogens (tertiary/aromatic N) is 2. The van der Waals surface area contributed by atoms with Crippen molar-refractivity contribution < 1.29 is 9.59 Å². The van der Waals surface area contributed by atoms with Crippen LogP contribution in [0, 0.1) is 0 Å². The fourth-order valence-corrected chi connectivity index (χ4v) is 4.68. The monoisotopic (exact) mass is 493 g/mol. The molecule has 0 bridgehead atoms. The van der Waals surface area contributed by atoms with Crippen molar-refractivity contribution in [2.24, 2.45) is 5.73 Å². The highest BCUT2D eigenvalue weighted by atomic mass is 16.2. The van der Waals surface area contributed by atoms with Crippen LogP contribution in [0.15, 0.2) is 97.1 Å². The number of Topliss-reactive ketones (excluding diaryl/α,β-unsaturated/α-hetero) is 1. The topological polar surface area (TPSA) is 66.6 Å². The van der Waals surface area contributed by atoms with Crippen LogP contribution in [0.5, 0.6) is 0 Å². The summed E-state index contributed by atoms with van der Waals surface area (Å²) >= 11 is 0. The maximum atomic E-state index is 13.6. The zero-order chi connectivity index (χ0) is 26.2. The standard InChI is InChI=1S/C32H35N3O2/c1-24(36)27-14-15-29-21-30(17-16-28(29)20-27)34(2)23-32(37)35(19-9-18-33)22-31(25-10-5-3-6-11-25)26-12-7-4-8-13-26/h3-8,10-17,20-21,31H,9,18-19,22-23,33H2,1-2H3. The lowest BCUT2D eigenvalue weighted by molar-refractivity contribution is -0.129. The highest BCUT2D eigenvalue weighted by Crippen LogP contribution is 2.27. The first-order valence-electron chi connectivity index (χ1n) is 12.8. The van der Waals surface area contributed by atoms with Gasteiger partial charge in [0.2, 0.25) is 5.91 Å². The van der Waals surface area contributed by atoms with Gasteiger partial charge in [0.15, 0.2) is 5.78 Å². The molecule has 1 amide bonds. The minimum Gasteiger partial charge on any atom is -0.365 e. The largest absolute Gasteiger partial charge is 0.365 e. The Morgan fingerprint density at radius 3 is 2.00 bits per heavy atom. The van der Waals surface area contributed by atoms with E-state index in [0.717, 1.165) is 22.9 Å². The Balaban J connectivity index is 1.54. The Bertz CT molecular complexity index is 1300. The zero-order valence-corrected chi connectivity index (χ0v) is 21.6. The number of carbonyl (C=O) groups is 2. The van der Waals surface area contributed by atoms with E-state index in [9.17, 15) is 9.59 Å². The van der Waals surface area contributed by atoms with Crippen LogP contribution >= 0.6 is 0 Å². The second-order valence-electron chi connectivity index (χ2n) is 9.51. The smallest absolute Gasteiger partial charge is 0.242 e. The van der Waals surface area contributed by atoms with Crippen molar-refractivity contribution in [3.8, 4) is 0 Å². The lowest BCUT2D eigenvalue weighted by Gasteiger charge is -2.30. The number of benzene rings is 4. The van der Waals surface area contributed by atoms with Crippen LogP contribution in [-0.4, -0.2) is 49.8 Å². The third kappa shape index (κ3) is 6.63. The molecule has 0 radical (unpaired) electrons. The van der Waals surface area contributed by atoms with Gasteiger partial charge in [0.25, 0.3) is 0 Å². The lowest BCUT2D eigenvalue weighted by Crippen LogP contribution is -2.42. The summed E-state index contributed by atoms with van der Waals surface area (Å²) in [5.74, 6) is 0.195. The molecular weight excluding hydrogens is 458 g/mol. The minimum atomic E-state index is 0.0515. The molecule has 2 N–H and O–H groups in total. The normalized spacial score (nSPS) is 11.0. The molecule has 0 unspecified atom stereocenters. The molecule has 0 saturated carbocycles. The van der Waals surface area contributed by atoms with Gasteiger partial charge in [0.05, 0.1) is 6.54 Å². The molecule has 0 saturated heterocycles. The predicted molar refractivity (Wildman–Crippen MR) is 152 cm³/mol. The zero-order valence-electron chi connectivity index (χ0n) is 21.6. The summed E-state index contributed by atoms with van der Waals surface area (Å²) in [6.07, 6.45) is 0.750. The van der Waals surface area contributed by atoms with Gasteiger partial charge in [-0.1, -0.05) is 78.9 Å². The summed E-state index contributed by atoms with van der Waals surface area (Å²) in [7, 11) is 1.94. The number of likely N-dealkylation sites (N-methyl/N-ethyl adjacent to an activating group) is 1. The van der Waals surface area contributed by atoms with Gasteiger partial charge in [-0.25, -0.2) is 0 Å². The average molecular weight is 494 g/mol. The van der Waals surface area contributed by atoms with Gasteiger partial charge >= 0.3 is 0 Å². The van der Waals surface area contributed by atoms with E-state index >= 15 is 0 Å². The number of fused-ring (bicyclic) bond motifs is 1. The molecule has 5 heteroatoms. The molecule has 0 aromatic heterocycles. The van der Waals surface area contributed by atoms with Crippen molar-refractivity contribution in [2.45, 2.75) is 19.3 Å². The fourth-order valence-electron chi connectivity index (χ4n) is 4.68. The quantitative estimate of drug-likeness (QED) is 0.281. The van der Waals surface area contributed by atoms with Crippen LogP contribution in [0.25, 0.3) is 10.8 Å². The van der Waals surface area contributed by atoms with Crippen LogP contribution in [0.1, 0.15) is 40.7 Å². The van der Waals surface area contributed by atoms with Crippen molar-refractivity contribution in [1.82, 2.24) is 4.90 Å². The minimum absolute atomic E-state index is 0.0515. The molecule has 4 aromatic carbocycles. The molecular formula is C32H35N3O2. The number of anilines is 1. The van der Waals surface area contributed by atoms with Crippen molar-refractivity contribution in [2.75, 3.05) is 38.1 Å². The van der Waals surface area contributed by atoms with Gasteiger partial charge < -0.3 is 15.5 Å². The highest BCUT2D eigenvalue weighted by molar-refractivity contribution is 5.99. The SMILES string of the molecule is CC(=O)c1ccc2cc(N(C)CC(=O)N(CCCN)CC(c3ccccc3)c3ccccc3)ccc2c1. The first-order chi connectivity index (χ1) is 18.0. The number of carbonyl (C=O) groups excluding carboxylic acids is 2. The summed E-state index contributed by atoms with van der Waals surface area (Å²) in [6.45, 7) is 3.58. The molecule has 37 heavy (non-hydrogen) atoms. The van der Waals surface area contributed by atoms with Gasteiger partial charge in [-0.15, -0.1) is 0 Å². The molecule has 0 atom stereocenters. The Hall–Kier alpha value is -3.96. The molecule has 4 rings (SSSR count). The fraction of sp³-hybridized carbons (Fsp3) is 0.250. The van der Waals surface area contributed by atoms with E-state index in [4.69, 9.17) is 5.73 Å². The highest BCUT2D eigenvalue weighted by Gasteiger charge is 2.22. The van der Waals surface area contributed by atoms with Gasteiger partial charge in [-0.2, -0.15) is 0 Å². The summed E-state index contributed by atoms with van der Waals surface area (Å²) in [4.78, 5) is 29.3. The van der Waals surface area contributed by atoms with Crippen molar-refractivity contribution in [1.29, 1.82) is 0 Å². The molecule has 0 aliphatic heterocycles. The molecule has 0 heterocycles. The first-order valence-corrected chi connectivity index (χ1v) is 12.8. The summed E-state index contributed by atoms with van der Waals surface area (Å²) < 4.78 is 0. The van der Waals surface area contributed by atoms with Gasteiger partial charge in [-0.05, 0) is 60.0 Å². The number of hydrogen-bond donors (Lipinski definition) is 1. The van der Waals surface area contributed by atoms with E-state index in [1.807, 2.05) is 83.6 Å². The van der Waals surface area contributed by atoms with Crippen molar-refractivity contribution in [3.63, 3.8) is 0 Å². The third-order valence-electron chi connectivity index (χ3n) is 6.84. The van der Waals surface area contributed by atoms with Crippen LogP contribution in [0.2, 0.25) is 0 Å². The molecule has 4 aromatic rings. The van der Waals surface area contributed by atoms with Gasteiger partial charge in [-0.3, -0.25) is 9.59 Å². The second kappa shape index (κ2) is 12.3. The number of amides is 1. The summed E-state index contributed by atoms with van der Waals surface area (Å²) in [5.41, 5.74) is 9.87. The van der Waals surface area contributed by atoms with Crippen LogP contribution in [-0.2, 0) is 4.79 Å². The first kappa shape index (κ1) is 26.1. The van der Waals surface area contributed by atoms with E-state index in [-0.39, 0.29) is 24.2 Å². The second-order valence-corrected chi connectivity index (χ2v) is 9.51. The molecule has 0 aliphatic rings. The number of nitrogens with two attached hydrogens (primary N) is 1. The molecule has 0 spiro atoms. The maximum absolute atomic E-state index is 13.6. The lowest BCUT2D eigenvalue weighted by atomic mass is 9.90. The maximum Gasteiger partial charge on any atom is 0.242 e. The van der Waals surface area contributed by atoms with E-state index in [2.05, 4.69) is 30.3 Å². The van der Waals surface area contributed by atoms with E-state index in [1.165, 1.54) is 11.1 Å². The third-order valence-corrected chi connectivity index (χ3v) is 6.84. The van der Waals surface area contributed by atoms with Crippen LogP contribution in [0.3, 0.4) is 0 Å². The van der Waals surface area contributed by atoms with E-state index < -0.39 is 0 Å². The van der Waals surface area contributed by atoms with E-state index in [1.54, 1.807) is 6.92 Å². The van der Waals surface area contributed by atoms with Gasteiger partial charge in [0, 0.05) is 37.3 Å². The molecule has 0 aliphatic carbocycles. The Kier molecular flexibility index (Phi) is 8.70.